The summed E-state index contributed by atoms with van der Waals surface area (Å²) < 4.78 is 0. The fourth-order valence-corrected chi connectivity index (χ4v) is 2.01. The number of anilines is 1. The lowest BCUT2D eigenvalue weighted by molar-refractivity contribution is 0.102. The second kappa shape index (κ2) is 5.91. The predicted octanol–water partition coefficient (Wildman–Crippen LogP) is 4.50. The summed E-state index contributed by atoms with van der Waals surface area (Å²) in [6, 6.07) is 12.4. The molecule has 0 aliphatic carbocycles. The maximum atomic E-state index is 12.1. The first-order valence-corrected chi connectivity index (χ1v) is 6.13. The first-order chi connectivity index (χ1) is 9.58. The molecule has 0 saturated heterocycles. The molecule has 0 aliphatic heterocycles. The first-order valence-electron chi connectivity index (χ1n) is 6.13. The molecule has 0 unspecified atom stereocenters. The normalized spacial score (nSPS) is 9.70. The molecule has 20 heavy (non-hydrogen) atoms. The molecule has 5 heteroatoms. The van der Waals surface area contributed by atoms with Crippen molar-refractivity contribution >= 4 is 17.3 Å². The van der Waals surface area contributed by atoms with Gasteiger partial charge in [-0.1, -0.05) is 23.3 Å². The molecule has 0 atom stereocenters. The van der Waals surface area contributed by atoms with Gasteiger partial charge in [-0.3, -0.25) is 4.79 Å². The van der Waals surface area contributed by atoms with Gasteiger partial charge in [-0.05, 0) is 54.8 Å². The van der Waals surface area contributed by atoms with Crippen molar-refractivity contribution in [2.24, 2.45) is 5.11 Å². The van der Waals surface area contributed by atoms with Crippen LogP contribution in [-0.4, -0.2) is 5.91 Å². The van der Waals surface area contributed by atoms with Gasteiger partial charge in [-0.2, -0.15) is 0 Å². The lowest BCUT2D eigenvalue weighted by Crippen LogP contribution is -2.11. The minimum atomic E-state index is -0.231. The highest BCUT2D eigenvalue weighted by Gasteiger charge is 2.07. The van der Waals surface area contributed by atoms with Crippen molar-refractivity contribution in [3.05, 3.63) is 69.6 Å². The van der Waals surface area contributed by atoms with Gasteiger partial charge in [0.1, 0.15) is 0 Å². The Hall–Kier alpha value is -2.78. The Bertz CT molecular complexity index is 683. The van der Waals surface area contributed by atoms with Crippen LogP contribution in [-0.2, 0) is 0 Å². The molecule has 1 N–H and O–H groups in total. The lowest BCUT2D eigenvalue weighted by atomic mass is 10.1. The van der Waals surface area contributed by atoms with Crippen LogP contribution in [0.3, 0.4) is 0 Å². The molecule has 2 rings (SSSR count). The summed E-state index contributed by atoms with van der Waals surface area (Å²) >= 11 is 0. The molecule has 0 aliphatic rings. The molecule has 0 spiro atoms. The third kappa shape index (κ3) is 3.37. The molecule has 0 aromatic heterocycles. The molecule has 0 radical (unpaired) electrons. The Morgan fingerprint density at radius 3 is 2.50 bits per heavy atom. The fraction of sp³-hybridized carbons (Fsp3) is 0.133. The van der Waals surface area contributed by atoms with Gasteiger partial charge in [0.2, 0.25) is 0 Å². The fourth-order valence-electron chi connectivity index (χ4n) is 2.01. The summed E-state index contributed by atoms with van der Waals surface area (Å²) in [6.45, 7) is 3.95. The van der Waals surface area contributed by atoms with Crippen molar-refractivity contribution < 1.29 is 4.79 Å². The second-order valence-corrected chi connectivity index (χ2v) is 4.57. The van der Waals surface area contributed by atoms with Crippen LogP contribution in [0.4, 0.5) is 11.4 Å². The van der Waals surface area contributed by atoms with Crippen molar-refractivity contribution in [3.63, 3.8) is 0 Å². The number of benzene rings is 2. The average Bonchev–Trinajstić information content (AvgIpc) is 2.38. The summed E-state index contributed by atoms with van der Waals surface area (Å²) in [5, 5.41) is 6.32. The summed E-state index contributed by atoms with van der Waals surface area (Å²) in [4.78, 5) is 14.9. The van der Waals surface area contributed by atoms with Crippen molar-refractivity contribution in [3.8, 4) is 0 Å². The van der Waals surface area contributed by atoms with Gasteiger partial charge >= 0.3 is 0 Å². The molecule has 0 bridgehead atoms. The van der Waals surface area contributed by atoms with Gasteiger partial charge in [0, 0.05) is 21.8 Å². The standard InChI is InChI=1S/C15H14N4O/c1-10-6-11(2)8-14(7-10)17-15(20)12-4-3-5-13(9-12)18-19-16/h3-9H,1-2H3,(H,17,20). The third-order valence-corrected chi connectivity index (χ3v) is 2.75. The van der Waals surface area contributed by atoms with E-state index in [-0.39, 0.29) is 5.91 Å². The second-order valence-electron chi connectivity index (χ2n) is 4.57. The number of nitrogens with zero attached hydrogens (tertiary/aromatic N) is 3. The van der Waals surface area contributed by atoms with Crippen LogP contribution < -0.4 is 5.32 Å². The molecule has 100 valence electrons. The number of nitrogens with one attached hydrogen (secondary N) is 1. The van der Waals surface area contributed by atoms with E-state index in [4.69, 9.17) is 5.53 Å². The third-order valence-electron chi connectivity index (χ3n) is 2.75. The quantitative estimate of drug-likeness (QED) is 0.495. The minimum absolute atomic E-state index is 0.231. The van der Waals surface area contributed by atoms with Gasteiger partial charge in [-0.25, -0.2) is 0 Å². The topological polar surface area (TPSA) is 77.9 Å². The van der Waals surface area contributed by atoms with E-state index < -0.39 is 0 Å². The van der Waals surface area contributed by atoms with Crippen molar-refractivity contribution in [2.75, 3.05) is 5.32 Å². The van der Waals surface area contributed by atoms with Crippen molar-refractivity contribution in [1.29, 1.82) is 0 Å². The van der Waals surface area contributed by atoms with Gasteiger partial charge in [0.25, 0.3) is 5.91 Å². The number of azide groups is 1. The molecule has 0 fully saturated rings. The van der Waals surface area contributed by atoms with Crippen LogP contribution in [0.5, 0.6) is 0 Å². The molecule has 5 nitrogen and oxygen atoms in total. The first kappa shape index (κ1) is 13.6. The lowest BCUT2D eigenvalue weighted by Gasteiger charge is -2.08. The summed E-state index contributed by atoms with van der Waals surface area (Å²) in [6.07, 6.45) is 0. The van der Waals surface area contributed by atoms with E-state index in [0.717, 1.165) is 16.8 Å². The Balaban J connectivity index is 2.23. The molecular weight excluding hydrogens is 252 g/mol. The SMILES string of the molecule is Cc1cc(C)cc(NC(=O)c2cccc(N=[N+]=[N-])c2)c1. The summed E-state index contributed by atoms with van der Waals surface area (Å²) in [5.74, 6) is -0.231. The Labute approximate surface area is 116 Å². The summed E-state index contributed by atoms with van der Waals surface area (Å²) in [5.41, 5.74) is 12.2. The number of amides is 1. The molecule has 0 heterocycles. The number of rotatable bonds is 3. The highest BCUT2D eigenvalue weighted by molar-refractivity contribution is 6.04. The highest BCUT2D eigenvalue weighted by atomic mass is 16.1. The van der Waals surface area contributed by atoms with Gasteiger partial charge in [-0.15, -0.1) is 0 Å². The zero-order valence-electron chi connectivity index (χ0n) is 11.3. The van der Waals surface area contributed by atoms with Crippen molar-refractivity contribution in [2.45, 2.75) is 13.8 Å². The van der Waals surface area contributed by atoms with E-state index in [1.807, 2.05) is 32.0 Å². The van der Waals surface area contributed by atoms with E-state index in [1.54, 1.807) is 24.3 Å². The van der Waals surface area contributed by atoms with Crippen LogP contribution in [0.2, 0.25) is 0 Å². The van der Waals surface area contributed by atoms with Crippen LogP contribution in [0.25, 0.3) is 10.4 Å². The van der Waals surface area contributed by atoms with Crippen LogP contribution >= 0.6 is 0 Å². The van der Waals surface area contributed by atoms with Crippen LogP contribution in [0, 0.1) is 13.8 Å². The maximum Gasteiger partial charge on any atom is 0.255 e. The van der Waals surface area contributed by atoms with Crippen molar-refractivity contribution in [1.82, 2.24) is 0 Å². The Morgan fingerprint density at radius 2 is 1.85 bits per heavy atom. The van der Waals surface area contributed by atoms with Gasteiger partial charge in [0.15, 0.2) is 0 Å². The van der Waals surface area contributed by atoms with Crippen LogP contribution in [0.1, 0.15) is 21.5 Å². The average molecular weight is 266 g/mol. The number of aryl methyl sites for hydroxylation is 2. The smallest absolute Gasteiger partial charge is 0.255 e. The summed E-state index contributed by atoms with van der Waals surface area (Å²) in [7, 11) is 0. The monoisotopic (exact) mass is 266 g/mol. The van der Waals surface area contributed by atoms with Crippen LogP contribution in [0.15, 0.2) is 47.6 Å². The number of hydrogen-bond donors (Lipinski definition) is 1. The van der Waals surface area contributed by atoms with E-state index in [1.165, 1.54) is 0 Å². The molecule has 2 aromatic rings. The van der Waals surface area contributed by atoms with Gasteiger partial charge in [0.05, 0.1) is 0 Å². The zero-order valence-corrected chi connectivity index (χ0v) is 11.3. The molecule has 1 amide bonds. The van der Waals surface area contributed by atoms with Gasteiger partial charge < -0.3 is 5.32 Å². The molecular formula is C15H14N4O. The molecule has 0 saturated carbocycles. The predicted molar refractivity (Wildman–Crippen MR) is 79.1 cm³/mol. The zero-order chi connectivity index (χ0) is 14.5. The van der Waals surface area contributed by atoms with E-state index in [9.17, 15) is 4.79 Å². The maximum absolute atomic E-state index is 12.1. The highest BCUT2D eigenvalue weighted by Crippen LogP contribution is 2.18. The van der Waals surface area contributed by atoms with E-state index in [0.29, 0.717) is 11.3 Å². The van der Waals surface area contributed by atoms with E-state index >= 15 is 0 Å². The molecule has 2 aromatic carbocycles. The van der Waals surface area contributed by atoms with E-state index in [2.05, 4.69) is 15.3 Å². The number of hydrogen-bond acceptors (Lipinski definition) is 2. The number of carbonyl (C=O) groups excluding carboxylic acids is 1. The minimum Gasteiger partial charge on any atom is -0.322 e. The Morgan fingerprint density at radius 1 is 1.15 bits per heavy atom. The largest absolute Gasteiger partial charge is 0.322 e. The Kier molecular flexibility index (Phi) is 4.03. The number of carbonyl (C=O) groups is 1.